The fourth-order valence-electron chi connectivity index (χ4n) is 2.58. The van der Waals surface area contributed by atoms with Crippen LogP contribution in [0.3, 0.4) is 0 Å². The van der Waals surface area contributed by atoms with Gasteiger partial charge in [-0.1, -0.05) is 6.07 Å². The minimum absolute atomic E-state index is 0.117. The fraction of sp³-hybridized carbons (Fsp3) is 0.353. The molecule has 0 N–H and O–H groups in total. The van der Waals surface area contributed by atoms with Gasteiger partial charge in [0.1, 0.15) is 23.2 Å². The summed E-state index contributed by atoms with van der Waals surface area (Å²) in [5.41, 5.74) is 0.825. The van der Waals surface area contributed by atoms with Gasteiger partial charge < -0.3 is 9.32 Å². The predicted octanol–water partition coefficient (Wildman–Crippen LogP) is 3.98. The van der Waals surface area contributed by atoms with E-state index in [1.54, 1.807) is 24.8 Å². The number of amides is 1. The first kappa shape index (κ1) is 14.8. The summed E-state index contributed by atoms with van der Waals surface area (Å²) in [6.07, 6.45) is 1.81. The highest BCUT2D eigenvalue weighted by atomic mass is 19.1. The van der Waals surface area contributed by atoms with E-state index in [0.29, 0.717) is 22.6 Å². The van der Waals surface area contributed by atoms with Crippen LogP contribution in [-0.4, -0.2) is 16.8 Å². The molecule has 0 bridgehead atoms. The highest BCUT2D eigenvalue weighted by Gasteiger charge is 2.34. The molecule has 1 aromatic carbocycles. The van der Waals surface area contributed by atoms with Crippen LogP contribution in [0.2, 0.25) is 0 Å². The van der Waals surface area contributed by atoms with Crippen LogP contribution < -0.4 is 0 Å². The van der Waals surface area contributed by atoms with Crippen LogP contribution in [0.4, 0.5) is 8.78 Å². The molecule has 0 unspecified atom stereocenters. The van der Waals surface area contributed by atoms with E-state index < -0.39 is 11.6 Å². The Labute approximate surface area is 127 Å². The zero-order valence-electron chi connectivity index (χ0n) is 12.5. The zero-order chi connectivity index (χ0) is 15.9. The normalized spacial score (nSPS) is 14.2. The monoisotopic (exact) mass is 305 g/mol. The van der Waals surface area contributed by atoms with Gasteiger partial charge in [-0.15, -0.1) is 0 Å². The molecule has 1 aromatic heterocycles. The molecular weight excluding hydrogens is 288 g/mol. The molecule has 22 heavy (non-hydrogen) atoms. The van der Waals surface area contributed by atoms with Gasteiger partial charge in [-0.25, -0.2) is 8.78 Å². The average molecular weight is 305 g/mol. The van der Waals surface area contributed by atoms with Crippen molar-refractivity contribution in [2.24, 2.45) is 0 Å². The second-order valence-corrected chi connectivity index (χ2v) is 5.73. The number of hydrogen-bond donors (Lipinski definition) is 0. The topological polar surface area (TPSA) is 33.5 Å². The summed E-state index contributed by atoms with van der Waals surface area (Å²) in [6.45, 7) is 3.66. The fourth-order valence-corrected chi connectivity index (χ4v) is 2.58. The Morgan fingerprint density at radius 1 is 1.27 bits per heavy atom. The molecule has 3 rings (SSSR count). The third kappa shape index (κ3) is 2.89. The zero-order valence-corrected chi connectivity index (χ0v) is 12.5. The summed E-state index contributed by atoms with van der Waals surface area (Å²) in [4.78, 5) is 14.4. The van der Waals surface area contributed by atoms with Gasteiger partial charge in [0.25, 0.3) is 5.91 Å². The summed E-state index contributed by atoms with van der Waals surface area (Å²) >= 11 is 0. The standard InChI is InChI=1S/C17H17F2NO2/c1-10-7-15(11(2)22-10)17(21)20(14-5-6-14)9-12-3-4-13(18)8-16(12)19/h3-4,7-8,14H,5-6,9H2,1-2H3. The number of halogens is 2. The number of hydrogen-bond acceptors (Lipinski definition) is 2. The van der Waals surface area contributed by atoms with E-state index in [2.05, 4.69) is 0 Å². The first-order chi connectivity index (χ1) is 10.5. The Balaban J connectivity index is 1.87. The maximum absolute atomic E-state index is 13.8. The predicted molar refractivity (Wildman–Crippen MR) is 77.4 cm³/mol. The Bertz CT molecular complexity index is 719. The van der Waals surface area contributed by atoms with E-state index in [1.165, 1.54) is 12.1 Å². The smallest absolute Gasteiger partial charge is 0.257 e. The van der Waals surface area contributed by atoms with Crippen LogP contribution in [-0.2, 0) is 6.54 Å². The SMILES string of the molecule is Cc1cc(C(=O)N(Cc2ccc(F)cc2F)C2CC2)c(C)o1. The molecule has 0 aliphatic heterocycles. The maximum Gasteiger partial charge on any atom is 0.257 e. The second kappa shape index (κ2) is 5.55. The van der Waals surface area contributed by atoms with Crippen LogP contribution in [0.1, 0.15) is 40.3 Å². The van der Waals surface area contributed by atoms with E-state index in [0.717, 1.165) is 18.9 Å². The summed E-state index contributed by atoms with van der Waals surface area (Å²) in [5.74, 6) is -0.178. The van der Waals surface area contributed by atoms with E-state index >= 15 is 0 Å². The average Bonchev–Trinajstić information content (AvgIpc) is 3.22. The summed E-state index contributed by atoms with van der Waals surface area (Å²) in [5, 5.41) is 0. The Hall–Kier alpha value is -2.17. The van der Waals surface area contributed by atoms with Crippen molar-refractivity contribution in [3.05, 3.63) is 58.5 Å². The first-order valence-corrected chi connectivity index (χ1v) is 7.27. The number of furan rings is 1. The van der Waals surface area contributed by atoms with Crippen LogP contribution >= 0.6 is 0 Å². The molecule has 5 heteroatoms. The summed E-state index contributed by atoms with van der Waals surface area (Å²) < 4.78 is 32.3. The molecule has 1 aliphatic rings. The van der Waals surface area contributed by atoms with Crippen LogP contribution in [0.15, 0.2) is 28.7 Å². The van der Waals surface area contributed by atoms with E-state index in [1.807, 2.05) is 0 Å². The van der Waals surface area contributed by atoms with Crippen molar-refractivity contribution in [2.45, 2.75) is 39.3 Å². The van der Waals surface area contributed by atoms with E-state index in [4.69, 9.17) is 4.42 Å². The summed E-state index contributed by atoms with van der Waals surface area (Å²) in [7, 11) is 0. The second-order valence-electron chi connectivity index (χ2n) is 5.73. The number of rotatable bonds is 4. The van der Waals surface area contributed by atoms with E-state index in [-0.39, 0.29) is 18.5 Å². The Morgan fingerprint density at radius 2 is 2.00 bits per heavy atom. The van der Waals surface area contributed by atoms with Crippen LogP contribution in [0.5, 0.6) is 0 Å². The third-order valence-corrected chi connectivity index (χ3v) is 3.88. The van der Waals surface area contributed by atoms with Crippen molar-refractivity contribution in [3.63, 3.8) is 0 Å². The molecule has 1 heterocycles. The molecule has 0 atom stereocenters. The van der Waals surface area contributed by atoms with E-state index in [9.17, 15) is 13.6 Å². The summed E-state index contributed by atoms with van der Waals surface area (Å²) in [6, 6.07) is 5.26. The molecule has 2 aromatic rings. The number of aryl methyl sites for hydroxylation is 2. The van der Waals surface area contributed by atoms with Crippen molar-refractivity contribution in [1.82, 2.24) is 4.90 Å². The highest BCUT2D eigenvalue weighted by molar-refractivity contribution is 5.95. The van der Waals surface area contributed by atoms with Crippen molar-refractivity contribution < 1.29 is 18.0 Å². The highest BCUT2D eigenvalue weighted by Crippen LogP contribution is 2.31. The van der Waals surface area contributed by atoms with Crippen LogP contribution in [0.25, 0.3) is 0 Å². The molecule has 116 valence electrons. The number of nitrogens with zero attached hydrogens (tertiary/aromatic N) is 1. The Kier molecular flexibility index (Phi) is 3.72. The lowest BCUT2D eigenvalue weighted by Gasteiger charge is -2.22. The molecule has 0 saturated heterocycles. The maximum atomic E-state index is 13.8. The molecule has 3 nitrogen and oxygen atoms in total. The van der Waals surface area contributed by atoms with Crippen molar-refractivity contribution >= 4 is 5.91 Å². The first-order valence-electron chi connectivity index (χ1n) is 7.27. The van der Waals surface area contributed by atoms with Gasteiger partial charge in [-0.3, -0.25) is 4.79 Å². The van der Waals surface area contributed by atoms with Gasteiger partial charge in [0.15, 0.2) is 0 Å². The number of benzene rings is 1. The number of carbonyl (C=O) groups is 1. The number of carbonyl (C=O) groups excluding carboxylic acids is 1. The van der Waals surface area contributed by atoms with Crippen molar-refractivity contribution in [2.75, 3.05) is 0 Å². The van der Waals surface area contributed by atoms with Crippen molar-refractivity contribution in [1.29, 1.82) is 0 Å². The van der Waals surface area contributed by atoms with Gasteiger partial charge >= 0.3 is 0 Å². The lowest BCUT2D eigenvalue weighted by molar-refractivity contribution is 0.0726. The quantitative estimate of drug-likeness (QED) is 0.856. The lowest BCUT2D eigenvalue weighted by Crippen LogP contribution is -2.33. The van der Waals surface area contributed by atoms with Gasteiger partial charge in [0, 0.05) is 24.2 Å². The third-order valence-electron chi connectivity index (χ3n) is 3.88. The molecule has 1 saturated carbocycles. The van der Waals surface area contributed by atoms with Gasteiger partial charge in [-0.05, 0) is 38.8 Å². The molecule has 0 spiro atoms. The lowest BCUT2D eigenvalue weighted by atomic mass is 10.1. The molecule has 1 amide bonds. The Morgan fingerprint density at radius 3 is 2.55 bits per heavy atom. The molecule has 1 aliphatic carbocycles. The molecule has 1 fully saturated rings. The molecule has 0 radical (unpaired) electrons. The van der Waals surface area contributed by atoms with Gasteiger partial charge in [0.05, 0.1) is 5.56 Å². The van der Waals surface area contributed by atoms with Crippen LogP contribution in [0, 0.1) is 25.5 Å². The minimum Gasteiger partial charge on any atom is -0.466 e. The van der Waals surface area contributed by atoms with Crippen molar-refractivity contribution in [3.8, 4) is 0 Å². The molecular formula is C17H17F2NO2. The van der Waals surface area contributed by atoms with Gasteiger partial charge in [0.2, 0.25) is 0 Å². The minimum atomic E-state index is -0.626. The largest absolute Gasteiger partial charge is 0.466 e. The van der Waals surface area contributed by atoms with Gasteiger partial charge in [-0.2, -0.15) is 0 Å².